The summed E-state index contributed by atoms with van der Waals surface area (Å²) in [5.74, 6) is 0. The van der Waals surface area contributed by atoms with Gasteiger partial charge in [-0.2, -0.15) is 5.26 Å². The zero-order chi connectivity index (χ0) is 31.1. The van der Waals surface area contributed by atoms with Crippen LogP contribution in [0.25, 0.3) is 88.1 Å². The van der Waals surface area contributed by atoms with Crippen molar-refractivity contribution in [3.8, 4) is 28.6 Å². The first-order valence-electron chi connectivity index (χ1n) is 15.7. The maximum Gasteiger partial charge on any atom is 0.153 e. The van der Waals surface area contributed by atoms with Gasteiger partial charge in [0.2, 0.25) is 0 Å². The van der Waals surface area contributed by atoms with Crippen LogP contribution in [0.15, 0.2) is 156 Å². The van der Waals surface area contributed by atoms with E-state index in [1.165, 1.54) is 21.8 Å². The number of nitriles is 1. The minimum atomic E-state index is 0.548. The van der Waals surface area contributed by atoms with E-state index in [4.69, 9.17) is 4.42 Å². The fourth-order valence-corrected chi connectivity index (χ4v) is 7.48. The third-order valence-corrected chi connectivity index (χ3v) is 9.53. The topological polar surface area (TPSA) is 46.8 Å². The van der Waals surface area contributed by atoms with Crippen molar-refractivity contribution in [2.45, 2.75) is 0 Å². The number of hydrogen-bond acceptors (Lipinski definition) is 2. The van der Waals surface area contributed by atoms with Gasteiger partial charge in [0.25, 0.3) is 0 Å². The minimum absolute atomic E-state index is 0.548. The highest BCUT2D eigenvalue weighted by Crippen LogP contribution is 2.40. The first kappa shape index (κ1) is 25.7. The molecule has 0 spiro atoms. The molecule has 0 radical (unpaired) electrons. The molecule has 0 aliphatic rings. The Labute approximate surface area is 269 Å². The van der Waals surface area contributed by atoms with E-state index in [-0.39, 0.29) is 0 Å². The number of benzene rings is 7. The average Bonchev–Trinajstić information content (AvgIpc) is 3.78. The summed E-state index contributed by atoms with van der Waals surface area (Å²) in [7, 11) is 0. The van der Waals surface area contributed by atoms with E-state index in [0.717, 1.165) is 60.7 Å². The second kappa shape index (κ2) is 9.71. The van der Waals surface area contributed by atoms with E-state index in [0.29, 0.717) is 11.1 Å². The van der Waals surface area contributed by atoms with Crippen molar-refractivity contribution in [3.05, 3.63) is 157 Å². The van der Waals surface area contributed by atoms with Crippen LogP contribution in [0.1, 0.15) is 5.56 Å². The summed E-state index contributed by atoms with van der Waals surface area (Å²) >= 11 is 0. The first-order valence-corrected chi connectivity index (χ1v) is 15.7. The highest BCUT2D eigenvalue weighted by atomic mass is 16.3. The van der Waals surface area contributed by atoms with Crippen molar-refractivity contribution in [2.75, 3.05) is 0 Å². The number of hydrogen-bond donors (Lipinski definition) is 0. The Balaban J connectivity index is 1.18. The van der Waals surface area contributed by atoms with E-state index in [1.54, 1.807) is 0 Å². The van der Waals surface area contributed by atoms with Crippen LogP contribution in [0.5, 0.6) is 0 Å². The lowest BCUT2D eigenvalue weighted by Gasteiger charge is -2.12. The van der Waals surface area contributed by atoms with E-state index in [2.05, 4.69) is 149 Å². The van der Waals surface area contributed by atoms with E-state index < -0.39 is 0 Å². The van der Waals surface area contributed by atoms with Gasteiger partial charge >= 0.3 is 0 Å². The van der Waals surface area contributed by atoms with Crippen molar-refractivity contribution in [1.29, 1.82) is 5.26 Å². The molecule has 0 bridgehead atoms. The average molecular weight is 600 g/mol. The molecular weight excluding hydrogens is 574 g/mol. The number of para-hydroxylation sites is 4. The van der Waals surface area contributed by atoms with Crippen molar-refractivity contribution < 1.29 is 4.42 Å². The number of aromatic nitrogens is 2. The third-order valence-electron chi connectivity index (χ3n) is 9.53. The highest BCUT2D eigenvalue weighted by molar-refractivity contribution is 6.17. The van der Waals surface area contributed by atoms with Gasteiger partial charge in [0.15, 0.2) is 5.58 Å². The Bertz CT molecular complexity index is 2880. The van der Waals surface area contributed by atoms with E-state index >= 15 is 0 Å². The molecule has 0 atom stereocenters. The molecule has 4 nitrogen and oxygen atoms in total. The predicted molar refractivity (Wildman–Crippen MR) is 193 cm³/mol. The van der Waals surface area contributed by atoms with Gasteiger partial charge in [-0.05, 0) is 71.8 Å². The van der Waals surface area contributed by atoms with Gasteiger partial charge in [0.05, 0.1) is 27.6 Å². The van der Waals surface area contributed by atoms with E-state index in [9.17, 15) is 5.26 Å². The standard InChI is InChI=1S/C43H25N3O/c44-26-29-12-9-18-35-37-24-41-36(25-42(37)47-43(29)35)34-17-3-6-21-40(34)46(41)31-14-8-11-28(23-31)27-10-7-13-30(22-27)45-38-19-4-1-15-32(38)33-16-2-5-20-39(33)45/h1-25H. The molecule has 218 valence electrons. The Morgan fingerprint density at radius 1 is 0.426 bits per heavy atom. The quantitative estimate of drug-likeness (QED) is 0.203. The fraction of sp³-hybridized carbons (Fsp3) is 0. The van der Waals surface area contributed by atoms with Crippen LogP contribution in [0, 0.1) is 11.3 Å². The summed E-state index contributed by atoms with van der Waals surface area (Å²) < 4.78 is 11.0. The van der Waals surface area contributed by atoms with Gasteiger partial charge < -0.3 is 13.6 Å². The Morgan fingerprint density at radius 3 is 1.53 bits per heavy atom. The molecule has 3 aromatic heterocycles. The summed E-state index contributed by atoms with van der Waals surface area (Å²) in [6.07, 6.45) is 0. The molecule has 0 saturated heterocycles. The molecule has 10 aromatic rings. The SMILES string of the molecule is N#Cc1cccc2c1oc1cc3c4ccccc4n(-c4cccc(-c5cccc(-n6c7ccccc7c7ccccc76)c5)c4)c3cc12. The molecule has 0 saturated carbocycles. The van der Waals surface area contributed by atoms with Crippen LogP contribution in [-0.2, 0) is 0 Å². The van der Waals surface area contributed by atoms with Crippen LogP contribution in [0.3, 0.4) is 0 Å². The highest BCUT2D eigenvalue weighted by Gasteiger charge is 2.18. The molecular formula is C43H25N3O. The molecule has 0 unspecified atom stereocenters. The van der Waals surface area contributed by atoms with E-state index in [1.807, 2.05) is 18.2 Å². The molecule has 47 heavy (non-hydrogen) atoms. The van der Waals surface area contributed by atoms with Crippen LogP contribution in [0.2, 0.25) is 0 Å². The van der Waals surface area contributed by atoms with Crippen molar-refractivity contribution in [2.24, 2.45) is 0 Å². The maximum atomic E-state index is 9.71. The van der Waals surface area contributed by atoms with Gasteiger partial charge in [-0.3, -0.25) is 0 Å². The molecule has 0 aliphatic carbocycles. The second-order valence-corrected chi connectivity index (χ2v) is 12.1. The smallest absolute Gasteiger partial charge is 0.153 e. The molecule has 4 heteroatoms. The van der Waals surface area contributed by atoms with Crippen LogP contribution in [0.4, 0.5) is 0 Å². The number of rotatable bonds is 3. The van der Waals surface area contributed by atoms with Crippen LogP contribution >= 0.6 is 0 Å². The lowest BCUT2D eigenvalue weighted by Crippen LogP contribution is -1.96. The summed E-state index contributed by atoms with van der Waals surface area (Å²) in [5, 5.41) is 16.4. The summed E-state index contributed by atoms with van der Waals surface area (Å²) in [4.78, 5) is 0. The lowest BCUT2D eigenvalue weighted by atomic mass is 10.0. The molecule has 7 aromatic carbocycles. The summed E-state index contributed by atoms with van der Waals surface area (Å²) in [6.45, 7) is 0. The van der Waals surface area contributed by atoms with Crippen molar-refractivity contribution in [3.63, 3.8) is 0 Å². The second-order valence-electron chi connectivity index (χ2n) is 12.1. The normalized spacial score (nSPS) is 11.8. The third kappa shape index (κ3) is 3.69. The van der Waals surface area contributed by atoms with Gasteiger partial charge in [-0.15, -0.1) is 0 Å². The number of nitrogens with zero attached hydrogens (tertiary/aromatic N) is 3. The maximum absolute atomic E-state index is 9.71. The summed E-state index contributed by atoms with van der Waals surface area (Å²) in [5.41, 5.74) is 11.1. The molecule has 0 fully saturated rings. The van der Waals surface area contributed by atoms with Crippen molar-refractivity contribution in [1.82, 2.24) is 9.13 Å². The summed E-state index contributed by atoms with van der Waals surface area (Å²) in [6, 6.07) is 55.8. The Hall–Kier alpha value is -6.57. The first-order chi connectivity index (χ1) is 23.3. The number of furan rings is 1. The molecule has 0 N–H and O–H groups in total. The zero-order valence-electron chi connectivity index (χ0n) is 25.2. The Kier molecular flexibility index (Phi) is 5.32. The minimum Gasteiger partial charge on any atom is -0.455 e. The monoisotopic (exact) mass is 599 g/mol. The molecule has 0 aliphatic heterocycles. The zero-order valence-corrected chi connectivity index (χ0v) is 25.2. The van der Waals surface area contributed by atoms with Crippen molar-refractivity contribution >= 4 is 65.6 Å². The van der Waals surface area contributed by atoms with Gasteiger partial charge in [0, 0.05) is 43.7 Å². The number of fused-ring (bicyclic) bond motifs is 9. The lowest BCUT2D eigenvalue weighted by molar-refractivity contribution is 0.668. The molecule has 0 amide bonds. The predicted octanol–water partition coefficient (Wildman–Crippen LogP) is 11.3. The molecule has 10 rings (SSSR count). The van der Waals surface area contributed by atoms with Gasteiger partial charge in [-0.25, -0.2) is 0 Å². The fourth-order valence-electron chi connectivity index (χ4n) is 7.48. The van der Waals surface area contributed by atoms with Crippen LogP contribution < -0.4 is 0 Å². The van der Waals surface area contributed by atoms with Crippen LogP contribution in [-0.4, -0.2) is 9.13 Å². The molecule has 3 heterocycles. The van der Waals surface area contributed by atoms with Gasteiger partial charge in [0.1, 0.15) is 11.7 Å². The van der Waals surface area contributed by atoms with Gasteiger partial charge in [-0.1, -0.05) is 91.0 Å². The Morgan fingerprint density at radius 2 is 0.936 bits per heavy atom. The largest absolute Gasteiger partial charge is 0.455 e.